The van der Waals surface area contributed by atoms with Crippen LogP contribution in [0.3, 0.4) is 0 Å². The largest absolute Gasteiger partial charge is 0.317 e. The molecule has 1 heteroatoms. The van der Waals surface area contributed by atoms with Crippen molar-refractivity contribution in [3.05, 3.63) is 0 Å². The van der Waals surface area contributed by atoms with E-state index in [4.69, 9.17) is 0 Å². The lowest BCUT2D eigenvalue weighted by molar-refractivity contribution is 0.322. The molecule has 78 valence electrons. The van der Waals surface area contributed by atoms with Gasteiger partial charge in [-0.15, -0.1) is 0 Å². The minimum Gasteiger partial charge on any atom is -0.317 e. The summed E-state index contributed by atoms with van der Waals surface area (Å²) in [6.45, 7) is 7.04. The van der Waals surface area contributed by atoms with Crippen LogP contribution >= 0.6 is 0 Å². The predicted molar refractivity (Wildman–Crippen MR) is 58.8 cm³/mol. The standard InChI is InChI=1S/C12H25N/c1-9(2)5-8-12(13-4)10(3)11-6-7-11/h9-13H,5-8H2,1-4H3. The maximum absolute atomic E-state index is 3.48. The Balaban J connectivity index is 2.24. The summed E-state index contributed by atoms with van der Waals surface area (Å²) in [5.41, 5.74) is 0. The van der Waals surface area contributed by atoms with Crippen LogP contribution < -0.4 is 5.32 Å². The van der Waals surface area contributed by atoms with Gasteiger partial charge in [-0.3, -0.25) is 0 Å². The summed E-state index contributed by atoms with van der Waals surface area (Å²) in [6, 6.07) is 0.759. The van der Waals surface area contributed by atoms with E-state index in [0.29, 0.717) is 0 Å². The topological polar surface area (TPSA) is 12.0 Å². The van der Waals surface area contributed by atoms with Gasteiger partial charge in [0.05, 0.1) is 0 Å². The fourth-order valence-electron chi connectivity index (χ4n) is 2.13. The van der Waals surface area contributed by atoms with Crippen molar-refractivity contribution in [2.24, 2.45) is 17.8 Å². The molecule has 0 radical (unpaired) electrons. The second kappa shape index (κ2) is 4.99. The van der Waals surface area contributed by atoms with Crippen LogP contribution in [0.4, 0.5) is 0 Å². The van der Waals surface area contributed by atoms with E-state index in [1.54, 1.807) is 0 Å². The third-order valence-electron chi connectivity index (χ3n) is 3.43. The predicted octanol–water partition coefficient (Wildman–Crippen LogP) is 3.06. The molecule has 0 spiro atoms. The van der Waals surface area contributed by atoms with Crippen molar-refractivity contribution in [3.8, 4) is 0 Å². The molecular formula is C12H25N. The maximum atomic E-state index is 3.48. The van der Waals surface area contributed by atoms with Crippen LogP contribution in [0.25, 0.3) is 0 Å². The van der Waals surface area contributed by atoms with Crippen molar-refractivity contribution in [1.82, 2.24) is 5.32 Å². The first kappa shape index (κ1) is 11.0. The molecule has 0 bridgehead atoms. The third kappa shape index (κ3) is 3.68. The molecule has 0 saturated heterocycles. The first-order chi connectivity index (χ1) is 6.15. The fraction of sp³-hybridized carbons (Fsp3) is 1.00. The lowest BCUT2D eigenvalue weighted by Crippen LogP contribution is -2.33. The average molecular weight is 183 g/mol. The highest BCUT2D eigenvalue weighted by molar-refractivity contribution is 4.85. The molecule has 0 aliphatic heterocycles. The van der Waals surface area contributed by atoms with Gasteiger partial charge in [-0.2, -0.15) is 0 Å². The van der Waals surface area contributed by atoms with Crippen LogP contribution in [0.1, 0.15) is 46.5 Å². The zero-order valence-corrected chi connectivity index (χ0v) is 9.64. The van der Waals surface area contributed by atoms with Crippen LogP contribution in [0.15, 0.2) is 0 Å². The normalized spacial score (nSPS) is 21.9. The van der Waals surface area contributed by atoms with E-state index in [-0.39, 0.29) is 0 Å². The van der Waals surface area contributed by atoms with Gasteiger partial charge in [-0.25, -0.2) is 0 Å². The zero-order valence-electron chi connectivity index (χ0n) is 9.64. The first-order valence-electron chi connectivity index (χ1n) is 5.82. The molecule has 1 nitrogen and oxygen atoms in total. The Bertz CT molecular complexity index is 138. The van der Waals surface area contributed by atoms with Gasteiger partial charge in [-0.1, -0.05) is 20.8 Å². The summed E-state index contributed by atoms with van der Waals surface area (Å²) in [5, 5.41) is 3.48. The van der Waals surface area contributed by atoms with Gasteiger partial charge in [0.25, 0.3) is 0 Å². The summed E-state index contributed by atoms with van der Waals surface area (Å²) < 4.78 is 0. The number of nitrogens with one attached hydrogen (secondary N) is 1. The molecule has 0 heterocycles. The molecule has 1 aliphatic carbocycles. The molecule has 0 aromatic carbocycles. The van der Waals surface area contributed by atoms with Crippen molar-refractivity contribution < 1.29 is 0 Å². The quantitative estimate of drug-likeness (QED) is 0.667. The second-order valence-corrected chi connectivity index (χ2v) is 5.06. The van der Waals surface area contributed by atoms with Gasteiger partial charge in [-0.05, 0) is 50.5 Å². The van der Waals surface area contributed by atoms with E-state index in [9.17, 15) is 0 Å². The number of rotatable bonds is 6. The summed E-state index contributed by atoms with van der Waals surface area (Å²) in [7, 11) is 2.11. The molecule has 0 amide bonds. The molecule has 1 saturated carbocycles. The highest BCUT2D eigenvalue weighted by Crippen LogP contribution is 2.39. The van der Waals surface area contributed by atoms with Gasteiger partial charge in [0, 0.05) is 6.04 Å². The number of hydrogen-bond acceptors (Lipinski definition) is 1. The smallest absolute Gasteiger partial charge is 0.00924 e. The van der Waals surface area contributed by atoms with E-state index in [1.165, 1.54) is 25.7 Å². The molecular weight excluding hydrogens is 158 g/mol. The Morgan fingerprint density at radius 1 is 1.15 bits per heavy atom. The van der Waals surface area contributed by atoms with Crippen LogP contribution in [0, 0.1) is 17.8 Å². The lowest BCUT2D eigenvalue weighted by Gasteiger charge is -2.24. The van der Waals surface area contributed by atoms with Crippen LogP contribution in [-0.2, 0) is 0 Å². The molecule has 1 fully saturated rings. The molecule has 0 aromatic rings. The van der Waals surface area contributed by atoms with Gasteiger partial charge in [0.2, 0.25) is 0 Å². The molecule has 13 heavy (non-hydrogen) atoms. The van der Waals surface area contributed by atoms with Crippen molar-refractivity contribution in [2.45, 2.75) is 52.5 Å². The van der Waals surface area contributed by atoms with Crippen LogP contribution in [0.5, 0.6) is 0 Å². The van der Waals surface area contributed by atoms with Crippen molar-refractivity contribution in [3.63, 3.8) is 0 Å². The van der Waals surface area contributed by atoms with Gasteiger partial charge in [0.15, 0.2) is 0 Å². The van der Waals surface area contributed by atoms with Crippen LogP contribution in [-0.4, -0.2) is 13.1 Å². The summed E-state index contributed by atoms with van der Waals surface area (Å²) in [6.07, 6.45) is 5.66. The van der Waals surface area contributed by atoms with E-state index in [1.807, 2.05) is 0 Å². The van der Waals surface area contributed by atoms with E-state index >= 15 is 0 Å². The fourth-order valence-corrected chi connectivity index (χ4v) is 2.13. The average Bonchev–Trinajstić information content (AvgIpc) is 2.86. The monoisotopic (exact) mass is 183 g/mol. The Labute approximate surface area is 83.3 Å². The van der Waals surface area contributed by atoms with Crippen LogP contribution in [0.2, 0.25) is 0 Å². The van der Waals surface area contributed by atoms with Gasteiger partial charge < -0.3 is 5.32 Å². The highest BCUT2D eigenvalue weighted by atomic mass is 14.9. The van der Waals surface area contributed by atoms with Gasteiger partial charge in [0.1, 0.15) is 0 Å². The van der Waals surface area contributed by atoms with E-state index in [0.717, 1.165) is 23.8 Å². The molecule has 2 atom stereocenters. The maximum Gasteiger partial charge on any atom is 0.00924 e. The lowest BCUT2D eigenvalue weighted by atomic mass is 9.91. The SMILES string of the molecule is CNC(CCC(C)C)C(C)C1CC1. The molecule has 1 rings (SSSR count). The Morgan fingerprint density at radius 2 is 1.77 bits per heavy atom. The second-order valence-electron chi connectivity index (χ2n) is 5.06. The summed E-state index contributed by atoms with van der Waals surface area (Å²) in [5.74, 6) is 2.77. The summed E-state index contributed by atoms with van der Waals surface area (Å²) in [4.78, 5) is 0. The third-order valence-corrected chi connectivity index (χ3v) is 3.43. The zero-order chi connectivity index (χ0) is 9.84. The summed E-state index contributed by atoms with van der Waals surface area (Å²) >= 11 is 0. The Kier molecular flexibility index (Phi) is 4.24. The molecule has 1 N–H and O–H groups in total. The minimum atomic E-state index is 0.759. The van der Waals surface area contributed by atoms with Crippen molar-refractivity contribution in [2.75, 3.05) is 7.05 Å². The molecule has 2 unspecified atom stereocenters. The first-order valence-corrected chi connectivity index (χ1v) is 5.82. The molecule has 1 aliphatic rings. The van der Waals surface area contributed by atoms with Crippen molar-refractivity contribution >= 4 is 0 Å². The minimum absolute atomic E-state index is 0.759. The van der Waals surface area contributed by atoms with E-state index < -0.39 is 0 Å². The van der Waals surface area contributed by atoms with Crippen molar-refractivity contribution in [1.29, 1.82) is 0 Å². The highest BCUT2D eigenvalue weighted by Gasteiger charge is 2.32. The van der Waals surface area contributed by atoms with Gasteiger partial charge >= 0.3 is 0 Å². The Hall–Kier alpha value is -0.0400. The Morgan fingerprint density at radius 3 is 2.15 bits per heavy atom. The molecule has 0 aromatic heterocycles. The number of hydrogen-bond donors (Lipinski definition) is 1. The van der Waals surface area contributed by atoms with E-state index in [2.05, 4.69) is 33.1 Å².